The average molecular weight is 359 g/mol. The maximum atomic E-state index is 14.2. The third kappa shape index (κ3) is 3.83. The minimum absolute atomic E-state index is 0.304. The monoisotopic (exact) mass is 358 g/mol. The molecule has 1 aliphatic rings. The summed E-state index contributed by atoms with van der Waals surface area (Å²) in [4.78, 5) is 42.0. The van der Waals surface area contributed by atoms with Crippen LogP contribution < -0.4 is 11.2 Å². The van der Waals surface area contributed by atoms with E-state index in [0.29, 0.717) is 0 Å². The van der Waals surface area contributed by atoms with Gasteiger partial charge in [-0.05, 0) is 0 Å². The van der Waals surface area contributed by atoms with E-state index in [1.165, 1.54) is 0 Å². The highest BCUT2D eigenvalue weighted by atomic mass is 35.5. The molecule has 0 aliphatic carbocycles. The molecule has 9 nitrogen and oxygen atoms in total. The van der Waals surface area contributed by atoms with Gasteiger partial charge in [-0.25, -0.2) is 13.8 Å². The van der Waals surface area contributed by atoms with E-state index in [9.17, 15) is 18.5 Å². The molecule has 2 heterocycles. The Bertz CT molecular complexity index is 703. The van der Waals surface area contributed by atoms with Crippen molar-refractivity contribution in [3.05, 3.63) is 33.1 Å². The predicted octanol–water partition coefficient (Wildman–Crippen LogP) is -0.120. The Kier molecular flexibility index (Phi) is 4.90. The highest BCUT2D eigenvalue weighted by Crippen LogP contribution is 2.43. The summed E-state index contributed by atoms with van der Waals surface area (Å²) in [5, 5.41) is 0. The van der Waals surface area contributed by atoms with E-state index in [1.54, 1.807) is 0 Å². The number of nitrogens with one attached hydrogen (secondary N) is 1. The second kappa shape index (κ2) is 6.23. The molecule has 0 saturated carbocycles. The van der Waals surface area contributed by atoms with E-state index >= 15 is 0 Å². The van der Waals surface area contributed by atoms with E-state index < -0.39 is 43.7 Å². The van der Waals surface area contributed by atoms with Crippen LogP contribution >= 0.6 is 19.4 Å². The molecule has 1 saturated heterocycles. The van der Waals surface area contributed by atoms with Crippen LogP contribution in [0.4, 0.5) is 4.39 Å². The molecule has 1 aliphatic heterocycles. The summed E-state index contributed by atoms with van der Waals surface area (Å²) in [5.74, 6) is -0.304. The Morgan fingerprint density at radius 2 is 2.27 bits per heavy atom. The Morgan fingerprint density at radius 1 is 1.59 bits per heavy atom. The van der Waals surface area contributed by atoms with Crippen LogP contribution in [0.5, 0.6) is 0 Å². The molecule has 3 N–H and O–H groups in total. The second-order valence-corrected chi connectivity index (χ2v) is 6.33. The first-order valence-corrected chi connectivity index (χ1v) is 8.12. The van der Waals surface area contributed by atoms with Gasteiger partial charge in [-0.15, -0.1) is 11.6 Å². The fourth-order valence-electron chi connectivity index (χ4n) is 2.11. The summed E-state index contributed by atoms with van der Waals surface area (Å²) in [7, 11) is -4.78. The lowest BCUT2D eigenvalue weighted by molar-refractivity contribution is -0.0918. The standard InChI is InChI=1S/C10H13ClFN2O7P/c11-4-10(5-20-22(17,18)19)3-6(12)8(21-10)14-2-1-7(15)13-9(14)16/h1-2,6,8H,3-5H2,(H,13,15,16)(H2,17,18,19)/t6-,8-,10-/m1/s1. The quantitative estimate of drug-likeness (QED) is 0.494. The number of halogens is 2. The van der Waals surface area contributed by atoms with Gasteiger partial charge in [0.15, 0.2) is 6.23 Å². The van der Waals surface area contributed by atoms with Gasteiger partial charge in [-0.3, -0.25) is 18.9 Å². The molecule has 22 heavy (non-hydrogen) atoms. The van der Waals surface area contributed by atoms with Gasteiger partial charge < -0.3 is 14.5 Å². The van der Waals surface area contributed by atoms with Crippen LogP contribution in [0.1, 0.15) is 12.6 Å². The molecule has 0 aromatic carbocycles. The Morgan fingerprint density at radius 3 is 2.82 bits per heavy atom. The van der Waals surface area contributed by atoms with Crippen molar-refractivity contribution in [1.82, 2.24) is 9.55 Å². The average Bonchev–Trinajstić information content (AvgIpc) is 2.74. The topological polar surface area (TPSA) is 131 Å². The van der Waals surface area contributed by atoms with Crippen LogP contribution in [0.25, 0.3) is 0 Å². The molecule has 2 rings (SSSR count). The third-order valence-electron chi connectivity index (χ3n) is 3.11. The number of ether oxygens (including phenoxy) is 1. The zero-order valence-electron chi connectivity index (χ0n) is 11.0. The summed E-state index contributed by atoms with van der Waals surface area (Å²) in [6, 6.07) is 1.02. The molecule has 1 aromatic rings. The van der Waals surface area contributed by atoms with E-state index in [0.717, 1.165) is 16.8 Å². The second-order valence-electron chi connectivity index (χ2n) is 4.83. The first-order valence-electron chi connectivity index (χ1n) is 6.05. The molecule has 0 amide bonds. The summed E-state index contributed by atoms with van der Waals surface area (Å²) >= 11 is 5.71. The molecule has 1 aromatic heterocycles. The Labute approximate surface area is 127 Å². The van der Waals surface area contributed by atoms with Crippen molar-refractivity contribution in [3.63, 3.8) is 0 Å². The maximum Gasteiger partial charge on any atom is 0.469 e. The van der Waals surface area contributed by atoms with Crippen molar-refractivity contribution in [2.24, 2.45) is 0 Å². The first-order chi connectivity index (χ1) is 10.2. The van der Waals surface area contributed by atoms with Crippen molar-refractivity contribution < 1.29 is 28.0 Å². The maximum absolute atomic E-state index is 14.2. The van der Waals surface area contributed by atoms with Crippen molar-refractivity contribution in [2.75, 3.05) is 12.5 Å². The molecular weight excluding hydrogens is 346 g/mol. The molecule has 124 valence electrons. The number of alkyl halides is 2. The predicted molar refractivity (Wildman–Crippen MR) is 72.4 cm³/mol. The number of phosphoric ester groups is 1. The Hall–Kier alpha value is -1.03. The Balaban J connectivity index is 2.24. The third-order valence-corrected chi connectivity index (χ3v) is 4.06. The number of aromatic amines is 1. The van der Waals surface area contributed by atoms with Gasteiger partial charge in [-0.2, -0.15) is 0 Å². The van der Waals surface area contributed by atoms with Gasteiger partial charge in [0, 0.05) is 18.7 Å². The highest BCUT2D eigenvalue weighted by molar-refractivity contribution is 7.46. The van der Waals surface area contributed by atoms with Gasteiger partial charge >= 0.3 is 13.5 Å². The lowest BCUT2D eigenvalue weighted by Crippen LogP contribution is -2.38. The molecule has 1 fully saturated rings. The number of phosphoric acid groups is 1. The van der Waals surface area contributed by atoms with E-state index in [2.05, 4.69) is 4.52 Å². The zero-order chi connectivity index (χ0) is 16.5. The molecular formula is C10H13ClFN2O7P. The molecule has 0 bridgehead atoms. The number of H-pyrrole nitrogens is 1. The zero-order valence-corrected chi connectivity index (χ0v) is 12.7. The van der Waals surface area contributed by atoms with Crippen LogP contribution in [0.15, 0.2) is 21.9 Å². The minimum atomic E-state index is -4.78. The number of hydrogen-bond acceptors (Lipinski definition) is 5. The highest BCUT2D eigenvalue weighted by Gasteiger charge is 2.49. The van der Waals surface area contributed by atoms with Crippen LogP contribution in [-0.2, 0) is 13.8 Å². The summed E-state index contributed by atoms with van der Waals surface area (Å²) < 4.78 is 35.5. The van der Waals surface area contributed by atoms with Crippen molar-refractivity contribution in [1.29, 1.82) is 0 Å². The molecule has 12 heteroatoms. The van der Waals surface area contributed by atoms with E-state index in [1.807, 2.05) is 4.98 Å². The van der Waals surface area contributed by atoms with Crippen molar-refractivity contribution in [3.8, 4) is 0 Å². The number of nitrogens with zero attached hydrogens (tertiary/aromatic N) is 1. The molecule has 0 radical (unpaired) electrons. The van der Waals surface area contributed by atoms with Gasteiger partial charge in [0.2, 0.25) is 0 Å². The number of aromatic nitrogens is 2. The summed E-state index contributed by atoms with van der Waals surface area (Å²) in [5.41, 5.74) is -3.02. The number of rotatable bonds is 5. The smallest absolute Gasteiger partial charge is 0.345 e. The largest absolute Gasteiger partial charge is 0.469 e. The van der Waals surface area contributed by atoms with Crippen LogP contribution in [-0.4, -0.2) is 43.6 Å². The molecule has 0 unspecified atom stereocenters. The lowest BCUT2D eigenvalue weighted by Gasteiger charge is -2.26. The SMILES string of the molecule is O=c1ccn([C@@H]2O[C@](CCl)(COP(=O)(O)O)C[C@H]2F)c(=O)[nH]1. The van der Waals surface area contributed by atoms with Gasteiger partial charge in [0.05, 0.1) is 12.5 Å². The van der Waals surface area contributed by atoms with Crippen LogP contribution in [0.3, 0.4) is 0 Å². The van der Waals surface area contributed by atoms with Crippen molar-refractivity contribution >= 4 is 19.4 Å². The fourth-order valence-corrected chi connectivity index (χ4v) is 2.77. The van der Waals surface area contributed by atoms with Gasteiger partial charge in [0.1, 0.15) is 11.8 Å². The first kappa shape index (κ1) is 17.3. The summed E-state index contributed by atoms with van der Waals surface area (Å²) in [6.45, 7) is -0.643. The fraction of sp³-hybridized carbons (Fsp3) is 0.600. The van der Waals surface area contributed by atoms with Crippen molar-refractivity contribution in [2.45, 2.75) is 24.4 Å². The molecule has 3 atom stereocenters. The van der Waals surface area contributed by atoms with Gasteiger partial charge in [-0.1, -0.05) is 0 Å². The van der Waals surface area contributed by atoms with Gasteiger partial charge in [0.25, 0.3) is 5.56 Å². The lowest BCUT2D eigenvalue weighted by atomic mass is 10.0. The summed E-state index contributed by atoms with van der Waals surface area (Å²) in [6.07, 6.45) is -2.33. The van der Waals surface area contributed by atoms with Crippen LogP contribution in [0, 0.1) is 0 Å². The van der Waals surface area contributed by atoms with Crippen LogP contribution in [0.2, 0.25) is 0 Å². The normalized spacial score (nSPS) is 28.9. The minimum Gasteiger partial charge on any atom is -0.345 e. The van der Waals surface area contributed by atoms with E-state index in [-0.39, 0.29) is 12.3 Å². The molecule has 0 spiro atoms. The number of hydrogen-bond donors (Lipinski definition) is 3. The van der Waals surface area contributed by atoms with E-state index in [4.69, 9.17) is 26.1 Å².